The Morgan fingerprint density at radius 1 is 1.28 bits per heavy atom. The molecule has 0 saturated heterocycles. The Morgan fingerprint density at radius 2 is 2.20 bits per heavy atom. The number of thioether (sulfide) groups is 1. The molecular weight excluding hydrogens is 338 g/mol. The highest BCUT2D eigenvalue weighted by Crippen LogP contribution is 2.31. The standard InChI is InChI=1S/C17H15N5O2S/c23-16-10-25-13-5-4-11(9-12(13)19-16)17(24)18-7-6-15-21-20-14-3-1-2-8-22(14)15/h1-5,8-9H,6-7,10H2,(H,18,24)(H,19,23). The molecule has 0 bridgehead atoms. The molecule has 4 rings (SSSR count). The van der Waals surface area contributed by atoms with Crippen LogP contribution in [0.5, 0.6) is 0 Å². The van der Waals surface area contributed by atoms with E-state index >= 15 is 0 Å². The van der Waals surface area contributed by atoms with Crippen molar-refractivity contribution >= 4 is 34.9 Å². The third-order valence-electron chi connectivity index (χ3n) is 3.89. The van der Waals surface area contributed by atoms with E-state index in [1.54, 1.807) is 12.1 Å². The molecule has 1 aliphatic heterocycles. The highest BCUT2D eigenvalue weighted by atomic mass is 32.2. The second kappa shape index (κ2) is 6.56. The van der Waals surface area contributed by atoms with Crippen LogP contribution in [0.3, 0.4) is 0 Å². The van der Waals surface area contributed by atoms with E-state index in [-0.39, 0.29) is 11.8 Å². The van der Waals surface area contributed by atoms with Crippen LogP contribution < -0.4 is 10.6 Å². The maximum Gasteiger partial charge on any atom is 0.251 e. The van der Waals surface area contributed by atoms with E-state index in [4.69, 9.17) is 0 Å². The van der Waals surface area contributed by atoms with Gasteiger partial charge in [0.1, 0.15) is 5.82 Å². The molecule has 7 nitrogen and oxygen atoms in total. The van der Waals surface area contributed by atoms with Crippen molar-refractivity contribution in [3.05, 3.63) is 54.0 Å². The first-order valence-corrected chi connectivity index (χ1v) is 8.83. The Balaban J connectivity index is 1.41. The van der Waals surface area contributed by atoms with Gasteiger partial charge in [0.05, 0.1) is 11.4 Å². The molecule has 3 heterocycles. The van der Waals surface area contributed by atoms with E-state index in [0.29, 0.717) is 30.0 Å². The van der Waals surface area contributed by atoms with Gasteiger partial charge < -0.3 is 10.6 Å². The molecule has 0 aliphatic carbocycles. The number of fused-ring (bicyclic) bond motifs is 2. The average Bonchev–Trinajstić information content (AvgIpc) is 3.04. The van der Waals surface area contributed by atoms with Crippen molar-refractivity contribution in [3.63, 3.8) is 0 Å². The van der Waals surface area contributed by atoms with E-state index in [1.165, 1.54) is 11.8 Å². The Morgan fingerprint density at radius 3 is 3.12 bits per heavy atom. The van der Waals surface area contributed by atoms with Crippen LogP contribution >= 0.6 is 11.8 Å². The number of rotatable bonds is 4. The fourth-order valence-corrected chi connectivity index (χ4v) is 3.46. The first-order chi connectivity index (χ1) is 12.2. The van der Waals surface area contributed by atoms with Crippen LogP contribution in [0.15, 0.2) is 47.5 Å². The minimum Gasteiger partial charge on any atom is -0.352 e. The number of nitrogens with zero attached hydrogens (tertiary/aromatic N) is 3. The zero-order chi connectivity index (χ0) is 17.2. The van der Waals surface area contributed by atoms with E-state index in [9.17, 15) is 9.59 Å². The number of hydrogen-bond donors (Lipinski definition) is 2. The van der Waals surface area contributed by atoms with Crippen LogP contribution in [0.1, 0.15) is 16.2 Å². The second-order valence-corrected chi connectivity index (χ2v) is 6.62. The highest BCUT2D eigenvalue weighted by Gasteiger charge is 2.17. The lowest BCUT2D eigenvalue weighted by atomic mass is 10.2. The van der Waals surface area contributed by atoms with Gasteiger partial charge in [-0.3, -0.25) is 14.0 Å². The van der Waals surface area contributed by atoms with Crippen molar-refractivity contribution in [2.24, 2.45) is 0 Å². The fourth-order valence-electron chi connectivity index (χ4n) is 2.68. The summed E-state index contributed by atoms with van der Waals surface area (Å²) in [6, 6.07) is 11.0. The lowest BCUT2D eigenvalue weighted by Gasteiger charge is -2.16. The molecule has 0 radical (unpaired) electrons. The Kier molecular flexibility index (Phi) is 4.10. The van der Waals surface area contributed by atoms with Gasteiger partial charge in [0.25, 0.3) is 5.91 Å². The largest absolute Gasteiger partial charge is 0.352 e. The lowest BCUT2D eigenvalue weighted by molar-refractivity contribution is -0.113. The first-order valence-electron chi connectivity index (χ1n) is 7.84. The molecule has 0 saturated carbocycles. The molecule has 2 N–H and O–H groups in total. The summed E-state index contributed by atoms with van der Waals surface area (Å²) in [7, 11) is 0. The summed E-state index contributed by atoms with van der Waals surface area (Å²) in [4.78, 5) is 24.8. The van der Waals surface area contributed by atoms with Gasteiger partial charge in [-0.25, -0.2) is 0 Å². The SMILES string of the molecule is O=C1CSc2ccc(C(=O)NCCc3nnc4ccccn34)cc2N1. The van der Waals surface area contributed by atoms with E-state index in [1.807, 2.05) is 34.9 Å². The van der Waals surface area contributed by atoms with E-state index < -0.39 is 0 Å². The highest BCUT2D eigenvalue weighted by molar-refractivity contribution is 8.00. The monoisotopic (exact) mass is 353 g/mol. The predicted molar refractivity (Wildman–Crippen MR) is 94.8 cm³/mol. The topological polar surface area (TPSA) is 88.4 Å². The summed E-state index contributed by atoms with van der Waals surface area (Å²) >= 11 is 1.47. The zero-order valence-electron chi connectivity index (χ0n) is 13.2. The molecule has 8 heteroatoms. The molecule has 0 fully saturated rings. The molecule has 1 aromatic carbocycles. The van der Waals surface area contributed by atoms with Crippen LogP contribution in [-0.4, -0.2) is 38.7 Å². The van der Waals surface area contributed by atoms with Crippen molar-refractivity contribution in [3.8, 4) is 0 Å². The fraction of sp³-hybridized carbons (Fsp3) is 0.176. The summed E-state index contributed by atoms with van der Waals surface area (Å²) in [6.45, 7) is 0.451. The average molecular weight is 353 g/mol. The van der Waals surface area contributed by atoms with Gasteiger partial charge in [-0.1, -0.05) is 6.07 Å². The molecule has 0 unspecified atom stereocenters. The predicted octanol–water partition coefficient (Wildman–Crippen LogP) is 1.75. The molecular formula is C17H15N5O2S. The normalized spacial score (nSPS) is 13.4. The quantitative estimate of drug-likeness (QED) is 0.746. The van der Waals surface area contributed by atoms with Crippen LogP contribution in [0.4, 0.5) is 5.69 Å². The number of carbonyl (C=O) groups is 2. The van der Waals surface area contributed by atoms with Gasteiger partial charge in [0, 0.05) is 29.6 Å². The smallest absolute Gasteiger partial charge is 0.251 e. The molecule has 2 aromatic heterocycles. The van der Waals surface area contributed by atoms with Crippen LogP contribution in [0.2, 0.25) is 0 Å². The number of amides is 2. The van der Waals surface area contributed by atoms with Crippen LogP contribution in [0, 0.1) is 0 Å². The molecule has 2 amide bonds. The maximum absolute atomic E-state index is 12.3. The minimum absolute atomic E-state index is 0.0475. The van der Waals surface area contributed by atoms with Crippen molar-refractivity contribution in [1.29, 1.82) is 0 Å². The third kappa shape index (κ3) is 3.20. The molecule has 25 heavy (non-hydrogen) atoms. The molecule has 0 atom stereocenters. The van der Waals surface area contributed by atoms with E-state index in [2.05, 4.69) is 20.8 Å². The number of pyridine rings is 1. The molecule has 126 valence electrons. The Hall–Kier alpha value is -2.87. The summed E-state index contributed by atoms with van der Waals surface area (Å²) in [6.07, 6.45) is 2.48. The number of carbonyl (C=O) groups excluding carboxylic acids is 2. The van der Waals surface area contributed by atoms with Gasteiger partial charge in [-0.2, -0.15) is 0 Å². The summed E-state index contributed by atoms with van der Waals surface area (Å²) in [5, 5.41) is 13.9. The number of anilines is 1. The van der Waals surface area contributed by atoms with Gasteiger partial charge in [0.2, 0.25) is 5.91 Å². The van der Waals surface area contributed by atoms with Gasteiger partial charge >= 0.3 is 0 Å². The summed E-state index contributed by atoms with van der Waals surface area (Å²) in [5.74, 6) is 0.977. The van der Waals surface area contributed by atoms with Crippen LogP contribution in [0.25, 0.3) is 5.65 Å². The van der Waals surface area contributed by atoms with Crippen molar-refractivity contribution in [1.82, 2.24) is 19.9 Å². The zero-order valence-corrected chi connectivity index (χ0v) is 14.0. The molecule has 1 aliphatic rings. The van der Waals surface area contributed by atoms with Crippen molar-refractivity contribution < 1.29 is 9.59 Å². The number of nitrogens with one attached hydrogen (secondary N) is 2. The maximum atomic E-state index is 12.3. The summed E-state index contributed by atoms with van der Waals surface area (Å²) < 4.78 is 1.90. The van der Waals surface area contributed by atoms with Gasteiger partial charge in [0.15, 0.2) is 5.65 Å². The van der Waals surface area contributed by atoms with Crippen molar-refractivity contribution in [2.75, 3.05) is 17.6 Å². The van der Waals surface area contributed by atoms with Gasteiger partial charge in [-0.15, -0.1) is 22.0 Å². The Bertz CT molecular complexity index is 969. The molecule has 3 aromatic rings. The minimum atomic E-state index is -0.179. The van der Waals surface area contributed by atoms with E-state index in [0.717, 1.165) is 16.4 Å². The van der Waals surface area contributed by atoms with Crippen molar-refractivity contribution in [2.45, 2.75) is 11.3 Å². The first kappa shape index (κ1) is 15.6. The third-order valence-corrected chi connectivity index (χ3v) is 4.97. The second-order valence-electron chi connectivity index (χ2n) is 5.60. The lowest BCUT2D eigenvalue weighted by Crippen LogP contribution is -2.26. The Labute approximate surface area is 147 Å². The number of hydrogen-bond acceptors (Lipinski definition) is 5. The number of aromatic nitrogens is 3. The molecule has 0 spiro atoms. The van der Waals surface area contributed by atoms with Crippen LogP contribution in [-0.2, 0) is 11.2 Å². The number of benzene rings is 1. The summed E-state index contributed by atoms with van der Waals surface area (Å²) in [5.41, 5.74) is 2.00. The van der Waals surface area contributed by atoms with Gasteiger partial charge in [-0.05, 0) is 30.3 Å².